The average molecular weight is 519 g/mol. The molecule has 0 radical (unpaired) electrons. The number of carbonyl (C=O) groups excluding carboxylic acids is 2. The van der Waals surface area contributed by atoms with E-state index in [1.807, 2.05) is 48.5 Å². The summed E-state index contributed by atoms with van der Waals surface area (Å²) in [6.45, 7) is 5.68. The average Bonchev–Trinajstić information content (AvgIpc) is 3.24. The third-order valence-corrected chi connectivity index (χ3v) is 6.21. The third kappa shape index (κ3) is 6.43. The quantitative estimate of drug-likeness (QED) is 0.239. The molecule has 0 saturated carbocycles. The minimum absolute atomic E-state index is 0.000266. The van der Waals surface area contributed by atoms with Crippen LogP contribution in [0.5, 0.6) is 0 Å². The van der Waals surface area contributed by atoms with Crippen LogP contribution in [0.2, 0.25) is 5.02 Å². The van der Waals surface area contributed by atoms with Crippen molar-refractivity contribution < 1.29 is 23.6 Å². The second kappa shape index (κ2) is 11.8. The third-order valence-electron chi connectivity index (χ3n) is 5.86. The second-order valence-electron chi connectivity index (χ2n) is 8.55. The van der Waals surface area contributed by atoms with Crippen molar-refractivity contribution in [3.05, 3.63) is 94.4 Å². The van der Waals surface area contributed by atoms with Crippen molar-refractivity contribution in [3.8, 4) is 22.5 Å². The molecule has 1 unspecified atom stereocenters. The highest BCUT2D eigenvalue weighted by Gasteiger charge is 2.21. The molecule has 4 rings (SSSR count). The largest absolute Gasteiger partial charge is 0.466 e. The van der Waals surface area contributed by atoms with Gasteiger partial charge in [0.25, 0.3) is 0 Å². The normalized spacial score (nSPS) is 11.7. The van der Waals surface area contributed by atoms with Gasteiger partial charge in [-0.05, 0) is 50.1 Å². The minimum atomic E-state index is -0.498. The Balaban J connectivity index is 1.54. The summed E-state index contributed by atoms with van der Waals surface area (Å²) in [6.07, 6.45) is 3.03. The Morgan fingerprint density at radius 2 is 1.76 bits per heavy atom. The summed E-state index contributed by atoms with van der Waals surface area (Å²) in [5, 5.41) is 4.64. The number of esters is 2. The number of pyridine rings is 1. The molecule has 0 amide bonds. The molecular formula is C29H27ClN2O5. The van der Waals surface area contributed by atoms with Crippen molar-refractivity contribution in [3.63, 3.8) is 0 Å². The molecule has 4 aromatic rings. The van der Waals surface area contributed by atoms with E-state index in [1.165, 1.54) is 0 Å². The summed E-state index contributed by atoms with van der Waals surface area (Å²) in [5.74, 6) is -0.211. The van der Waals surface area contributed by atoms with Crippen LogP contribution in [-0.2, 0) is 31.9 Å². The number of rotatable bonds is 9. The Morgan fingerprint density at radius 3 is 2.54 bits per heavy atom. The number of hydrogen-bond donors (Lipinski definition) is 0. The van der Waals surface area contributed by atoms with E-state index in [4.69, 9.17) is 25.6 Å². The molecule has 2 aromatic heterocycles. The van der Waals surface area contributed by atoms with Gasteiger partial charge in [0.1, 0.15) is 6.10 Å². The van der Waals surface area contributed by atoms with Crippen LogP contribution in [0.4, 0.5) is 0 Å². The predicted molar refractivity (Wildman–Crippen MR) is 140 cm³/mol. The highest BCUT2D eigenvalue weighted by atomic mass is 35.5. The summed E-state index contributed by atoms with van der Waals surface area (Å²) in [6, 6.07) is 16.8. The van der Waals surface area contributed by atoms with E-state index in [9.17, 15) is 9.59 Å². The number of aromatic nitrogens is 2. The van der Waals surface area contributed by atoms with E-state index >= 15 is 0 Å². The van der Waals surface area contributed by atoms with Crippen LogP contribution >= 0.6 is 11.6 Å². The van der Waals surface area contributed by atoms with Gasteiger partial charge < -0.3 is 14.0 Å². The fraction of sp³-hybridized carbons (Fsp3) is 0.241. The lowest BCUT2D eigenvalue weighted by molar-refractivity contribution is -0.147. The second-order valence-corrected chi connectivity index (χ2v) is 8.96. The summed E-state index contributed by atoms with van der Waals surface area (Å²) >= 11 is 6.25. The molecule has 0 fully saturated rings. The molecule has 0 aliphatic carbocycles. The molecule has 2 aromatic carbocycles. The number of nitrogens with zero attached hydrogens (tertiary/aromatic N) is 2. The zero-order chi connectivity index (χ0) is 26.4. The molecule has 0 spiro atoms. The number of benzene rings is 2. The lowest BCUT2D eigenvalue weighted by atomic mass is 9.99. The first-order chi connectivity index (χ1) is 17.9. The van der Waals surface area contributed by atoms with Crippen LogP contribution in [0.3, 0.4) is 0 Å². The monoisotopic (exact) mass is 518 g/mol. The van der Waals surface area contributed by atoms with E-state index in [2.05, 4.69) is 10.1 Å². The van der Waals surface area contributed by atoms with E-state index in [0.29, 0.717) is 28.6 Å². The SMILES string of the molecule is CCOC(=O)Cc1cncc(-c2cccc(-c3onc(C)c3CC(=O)OC(C)c3ccccc3Cl)c2)c1. The lowest BCUT2D eigenvalue weighted by Gasteiger charge is -2.15. The zero-order valence-corrected chi connectivity index (χ0v) is 21.6. The van der Waals surface area contributed by atoms with Crippen molar-refractivity contribution in [1.29, 1.82) is 0 Å². The fourth-order valence-electron chi connectivity index (χ4n) is 4.04. The van der Waals surface area contributed by atoms with Gasteiger partial charge in [-0.3, -0.25) is 14.6 Å². The molecule has 2 heterocycles. The smallest absolute Gasteiger partial charge is 0.311 e. The molecule has 8 heteroatoms. The molecule has 1 atom stereocenters. The highest BCUT2D eigenvalue weighted by Crippen LogP contribution is 2.31. The topological polar surface area (TPSA) is 91.5 Å². The van der Waals surface area contributed by atoms with Gasteiger partial charge in [0.2, 0.25) is 0 Å². The minimum Gasteiger partial charge on any atom is -0.466 e. The number of aryl methyl sites for hydroxylation is 1. The highest BCUT2D eigenvalue weighted by molar-refractivity contribution is 6.31. The molecule has 7 nitrogen and oxygen atoms in total. The van der Waals surface area contributed by atoms with Gasteiger partial charge in [-0.1, -0.05) is 53.2 Å². The summed E-state index contributed by atoms with van der Waals surface area (Å²) in [5.41, 5.74) is 5.25. The molecule has 0 N–H and O–H groups in total. The van der Waals surface area contributed by atoms with Gasteiger partial charge in [0.15, 0.2) is 5.76 Å². The molecule has 37 heavy (non-hydrogen) atoms. The molecular weight excluding hydrogens is 492 g/mol. The Bertz CT molecular complexity index is 1410. The molecule has 190 valence electrons. The number of ether oxygens (including phenoxy) is 2. The van der Waals surface area contributed by atoms with Crippen molar-refractivity contribution in [2.45, 2.75) is 39.7 Å². The molecule has 0 aliphatic rings. The first kappa shape index (κ1) is 26.1. The van der Waals surface area contributed by atoms with Crippen molar-refractivity contribution in [2.75, 3.05) is 6.61 Å². The van der Waals surface area contributed by atoms with Crippen LogP contribution in [0.15, 0.2) is 71.5 Å². The zero-order valence-electron chi connectivity index (χ0n) is 20.9. The van der Waals surface area contributed by atoms with Gasteiger partial charge in [-0.25, -0.2) is 0 Å². The van der Waals surface area contributed by atoms with E-state index in [0.717, 1.165) is 27.8 Å². The van der Waals surface area contributed by atoms with Crippen molar-refractivity contribution in [2.24, 2.45) is 0 Å². The van der Waals surface area contributed by atoms with Gasteiger partial charge in [0.05, 0.1) is 25.1 Å². The summed E-state index contributed by atoms with van der Waals surface area (Å²) in [4.78, 5) is 29.0. The molecule has 0 bridgehead atoms. The van der Waals surface area contributed by atoms with Crippen LogP contribution in [0, 0.1) is 6.92 Å². The van der Waals surface area contributed by atoms with Crippen molar-refractivity contribution in [1.82, 2.24) is 10.1 Å². The maximum atomic E-state index is 12.8. The Morgan fingerprint density at radius 1 is 0.973 bits per heavy atom. The first-order valence-corrected chi connectivity index (χ1v) is 12.3. The lowest BCUT2D eigenvalue weighted by Crippen LogP contribution is -2.12. The Kier molecular flexibility index (Phi) is 8.36. The van der Waals surface area contributed by atoms with Gasteiger partial charge in [-0.2, -0.15) is 0 Å². The maximum absolute atomic E-state index is 12.8. The predicted octanol–water partition coefficient (Wildman–Crippen LogP) is 6.32. The van der Waals surface area contributed by atoms with Gasteiger partial charge in [0, 0.05) is 39.7 Å². The molecule has 0 saturated heterocycles. The Labute approximate surface area is 220 Å². The standard InChI is InChI=1S/C29H27ClN2O5/c1-4-35-27(33)13-20-12-23(17-31-16-20)21-8-7-9-22(14-21)29-25(18(2)32-37-29)15-28(34)36-19(3)24-10-5-6-11-26(24)30/h5-12,14,16-17,19H,4,13,15H2,1-3H3. The first-order valence-electron chi connectivity index (χ1n) is 11.9. The van der Waals surface area contributed by atoms with E-state index in [1.54, 1.807) is 39.2 Å². The van der Waals surface area contributed by atoms with Crippen LogP contribution in [0.25, 0.3) is 22.5 Å². The maximum Gasteiger partial charge on any atom is 0.311 e. The van der Waals surface area contributed by atoms with Crippen LogP contribution in [-0.4, -0.2) is 28.7 Å². The Hall–Kier alpha value is -3.97. The van der Waals surface area contributed by atoms with Crippen LogP contribution in [0.1, 0.15) is 42.3 Å². The molecule has 0 aliphatic heterocycles. The van der Waals surface area contributed by atoms with Crippen LogP contribution < -0.4 is 0 Å². The number of halogens is 1. The van der Waals surface area contributed by atoms with Crippen molar-refractivity contribution >= 4 is 23.5 Å². The van der Waals surface area contributed by atoms with E-state index < -0.39 is 12.1 Å². The summed E-state index contributed by atoms with van der Waals surface area (Å²) in [7, 11) is 0. The van der Waals surface area contributed by atoms with Gasteiger partial charge >= 0.3 is 11.9 Å². The fourth-order valence-corrected chi connectivity index (χ4v) is 4.33. The number of carbonyl (C=O) groups is 2. The van der Waals surface area contributed by atoms with E-state index in [-0.39, 0.29) is 18.8 Å². The van der Waals surface area contributed by atoms with Gasteiger partial charge in [-0.15, -0.1) is 0 Å². The number of hydrogen-bond acceptors (Lipinski definition) is 7. The summed E-state index contributed by atoms with van der Waals surface area (Å²) < 4.78 is 16.3.